The molecule has 7 heteroatoms. The maximum absolute atomic E-state index is 12.9. The highest BCUT2D eigenvalue weighted by atomic mass is 32.2. The molecule has 1 aromatic carbocycles. The van der Waals surface area contributed by atoms with Crippen molar-refractivity contribution in [2.45, 2.75) is 63.2 Å². The summed E-state index contributed by atoms with van der Waals surface area (Å²) in [6.45, 7) is 7.66. The normalized spacial score (nSPS) is 26.7. The van der Waals surface area contributed by atoms with Crippen LogP contribution in [0.1, 0.15) is 63.2 Å². The Balaban J connectivity index is 1.53. The highest BCUT2D eigenvalue weighted by Crippen LogP contribution is 2.52. The zero-order valence-electron chi connectivity index (χ0n) is 18.7. The largest absolute Gasteiger partial charge is 0.444 e. The number of aliphatic imine (C=N–C) groups is 1. The number of benzene rings is 1. The second-order valence-corrected chi connectivity index (χ2v) is 11.3. The van der Waals surface area contributed by atoms with Gasteiger partial charge in [0.05, 0.1) is 4.75 Å². The Kier molecular flexibility index (Phi) is 6.33. The van der Waals surface area contributed by atoms with Gasteiger partial charge in [-0.15, -0.1) is 0 Å². The van der Waals surface area contributed by atoms with Gasteiger partial charge in [-0.1, -0.05) is 49.2 Å². The fourth-order valence-electron chi connectivity index (χ4n) is 5.07. The summed E-state index contributed by atoms with van der Waals surface area (Å²) in [5, 5.41) is 3.72. The maximum Gasteiger partial charge on any atom is 0.410 e. The van der Waals surface area contributed by atoms with Gasteiger partial charge in [-0.3, -0.25) is 9.79 Å². The molecule has 168 valence electrons. The van der Waals surface area contributed by atoms with Gasteiger partial charge in [0, 0.05) is 31.1 Å². The van der Waals surface area contributed by atoms with Gasteiger partial charge in [-0.25, -0.2) is 4.79 Å². The highest BCUT2D eigenvalue weighted by Gasteiger charge is 2.55. The molecule has 3 aliphatic rings. The van der Waals surface area contributed by atoms with E-state index in [9.17, 15) is 9.59 Å². The van der Waals surface area contributed by atoms with Gasteiger partial charge < -0.3 is 15.0 Å². The van der Waals surface area contributed by atoms with Crippen molar-refractivity contribution in [2.24, 2.45) is 16.8 Å². The molecule has 2 amide bonds. The molecule has 0 radical (unpaired) electrons. The standard InChI is InChI=1S/C24H33N3O3S/c1-23(2,3)30-22(29)27-15-19-14-25-21(26-20(28)17-10-6-4-7-11-17)31-24(19,16-27)18-12-8-5-9-13-18/h4,6-7,10-11,18-19H,5,8-9,12-16H2,1-3H3,(H,25,26,28)/t19-,24+/m0/s1. The van der Waals surface area contributed by atoms with Crippen LogP contribution in [0.4, 0.5) is 4.79 Å². The van der Waals surface area contributed by atoms with Crippen LogP contribution in [-0.2, 0) is 4.74 Å². The number of carbonyl (C=O) groups excluding carboxylic acids is 2. The quantitative estimate of drug-likeness (QED) is 0.719. The van der Waals surface area contributed by atoms with Crippen molar-refractivity contribution in [1.29, 1.82) is 0 Å². The van der Waals surface area contributed by atoms with Crippen molar-refractivity contribution in [3.05, 3.63) is 35.9 Å². The Morgan fingerprint density at radius 3 is 2.52 bits per heavy atom. The van der Waals surface area contributed by atoms with Crippen molar-refractivity contribution in [2.75, 3.05) is 19.6 Å². The van der Waals surface area contributed by atoms with E-state index in [1.165, 1.54) is 32.1 Å². The fraction of sp³-hybridized carbons (Fsp3) is 0.625. The second kappa shape index (κ2) is 8.85. The topological polar surface area (TPSA) is 71.0 Å². The smallest absolute Gasteiger partial charge is 0.410 e. The van der Waals surface area contributed by atoms with E-state index in [2.05, 4.69) is 5.32 Å². The van der Waals surface area contributed by atoms with Crippen LogP contribution >= 0.6 is 11.8 Å². The van der Waals surface area contributed by atoms with Crippen molar-refractivity contribution in [1.82, 2.24) is 10.2 Å². The first-order valence-electron chi connectivity index (χ1n) is 11.3. The molecule has 4 rings (SSSR count). The summed E-state index contributed by atoms with van der Waals surface area (Å²) in [4.78, 5) is 32.2. The molecule has 1 saturated heterocycles. The van der Waals surface area contributed by atoms with Crippen LogP contribution in [-0.4, -0.2) is 52.1 Å². The molecule has 0 bridgehead atoms. The molecule has 2 fully saturated rings. The number of ether oxygens (including phenoxy) is 1. The van der Waals surface area contributed by atoms with Crippen LogP contribution in [0.5, 0.6) is 0 Å². The van der Waals surface area contributed by atoms with E-state index in [1.807, 2.05) is 56.0 Å². The zero-order valence-corrected chi connectivity index (χ0v) is 19.5. The van der Waals surface area contributed by atoms with Crippen LogP contribution in [0.2, 0.25) is 0 Å². The molecule has 31 heavy (non-hydrogen) atoms. The van der Waals surface area contributed by atoms with Crippen molar-refractivity contribution in [3.8, 4) is 0 Å². The van der Waals surface area contributed by atoms with Gasteiger partial charge in [0.2, 0.25) is 0 Å². The molecular weight excluding hydrogens is 410 g/mol. The summed E-state index contributed by atoms with van der Waals surface area (Å²) in [7, 11) is 0. The first-order chi connectivity index (χ1) is 14.8. The lowest BCUT2D eigenvalue weighted by Crippen LogP contribution is -2.50. The van der Waals surface area contributed by atoms with E-state index in [4.69, 9.17) is 9.73 Å². The van der Waals surface area contributed by atoms with Crippen molar-refractivity contribution < 1.29 is 14.3 Å². The molecule has 0 unspecified atom stereocenters. The Bertz CT molecular complexity index is 845. The van der Waals surface area contributed by atoms with Gasteiger partial charge in [-0.05, 0) is 51.7 Å². The highest BCUT2D eigenvalue weighted by molar-refractivity contribution is 8.15. The Hall–Kier alpha value is -2.02. The van der Waals surface area contributed by atoms with Gasteiger partial charge >= 0.3 is 6.09 Å². The molecule has 1 aromatic rings. The monoisotopic (exact) mass is 443 g/mol. The number of nitrogens with one attached hydrogen (secondary N) is 1. The first kappa shape index (κ1) is 22.2. The summed E-state index contributed by atoms with van der Waals surface area (Å²) >= 11 is 1.69. The summed E-state index contributed by atoms with van der Waals surface area (Å²) in [5.74, 6) is 0.666. The van der Waals surface area contributed by atoms with Crippen LogP contribution in [0.15, 0.2) is 35.3 Å². The predicted octanol–water partition coefficient (Wildman–Crippen LogP) is 4.71. The van der Waals surface area contributed by atoms with Gasteiger partial charge in [0.15, 0.2) is 5.17 Å². The van der Waals surface area contributed by atoms with Gasteiger partial charge in [0.1, 0.15) is 5.60 Å². The van der Waals surface area contributed by atoms with Crippen LogP contribution in [0.3, 0.4) is 0 Å². The van der Waals surface area contributed by atoms with Crippen molar-refractivity contribution in [3.63, 3.8) is 0 Å². The third-order valence-corrected chi connectivity index (χ3v) is 8.12. The van der Waals surface area contributed by atoms with Gasteiger partial charge in [0.25, 0.3) is 5.91 Å². The SMILES string of the molecule is CC(C)(C)OC(=O)N1C[C@@H]2CN=C(NC(=O)c3ccccc3)S[C@@]2(C2CCCCC2)C1. The number of hydrogen-bond acceptors (Lipinski definition) is 5. The molecule has 0 spiro atoms. The average Bonchev–Trinajstić information content (AvgIpc) is 3.14. The van der Waals surface area contributed by atoms with E-state index in [0.29, 0.717) is 36.3 Å². The molecule has 1 aliphatic carbocycles. The molecular formula is C24H33N3O3S. The van der Waals surface area contributed by atoms with Crippen LogP contribution in [0.25, 0.3) is 0 Å². The zero-order chi connectivity index (χ0) is 22.1. The Labute approximate surface area is 189 Å². The number of amidine groups is 1. The molecule has 0 aromatic heterocycles. The van der Waals surface area contributed by atoms with Gasteiger partial charge in [-0.2, -0.15) is 0 Å². The first-order valence-corrected chi connectivity index (χ1v) is 12.2. The lowest BCUT2D eigenvalue weighted by molar-refractivity contribution is 0.0282. The number of carbonyl (C=O) groups is 2. The Morgan fingerprint density at radius 1 is 1.13 bits per heavy atom. The number of nitrogens with zero attached hydrogens (tertiary/aromatic N) is 2. The number of rotatable bonds is 2. The number of thioether (sulfide) groups is 1. The summed E-state index contributed by atoms with van der Waals surface area (Å²) in [6.07, 6.45) is 5.84. The maximum atomic E-state index is 12.9. The lowest BCUT2D eigenvalue weighted by atomic mass is 9.74. The molecule has 1 N–H and O–H groups in total. The van der Waals surface area contributed by atoms with Crippen LogP contribution < -0.4 is 5.32 Å². The van der Waals surface area contributed by atoms with E-state index in [-0.39, 0.29) is 22.7 Å². The van der Waals surface area contributed by atoms with Crippen LogP contribution in [0, 0.1) is 11.8 Å². The van der Waals surface area contributed by atoms with E-state index in [0.717, 1.165) is 0 Å². The number of amides is 2. The minimum Gasteiger partial charge on any atom is -0.444 e. The lowest BCUT2D eigenvalue weighted by Gasteiger charge is -2.44. The molecule has 2 aliphatic heterocycles. The molecule has 6 nitrogen and oxygen atoms in total. The average molecular weight is 444 g/mol. The summed E-state index contributed by atoms with van der Waals surface area (Å²) in [5.41, 5.74) is 0.114. The molecule has 2 atom stereocenters. The van der Waals surface area contributed by atoms with E-state index < -0.39 is 5.60 Å². The minimum absolute atomic E-state index is 0.113. The third-order valence-electron chi connectivity index (χ3n) is 6.52. The number of fused-ring (bicyclic) bond motifs is 1. The Morgan fingerprint density at radius 2 is 1.84 bits per heavy atom. The second-order valence-electron chi connectivity index (χ2n) is 9.92. The predicted molar refractivity (Wildman–Crippen MR) is 124 cm³/mol. The summed E-state index contributed by atoms with van der Waals surface area (Å²) < 4.78 is 5.57. The third kappa shape index (κ3) is 4.92. The van der Waals surface area contributed by atoms with E-state index in [1.54, 1.807) is 11.8 Å². The summed E-state index contributed by atoms with van der Waals surface area (Å²) in [6, 6.07) is 9.24. The van der Waals surface area contributed by atoms with Crippen molar-refractivity contribution >= 4 is 28.9 Å². The van der Waals surface area contributed by atoms with E-state index >= 15 is 0 Å². The fourth-order valence-corrected chi connectivity index (χ4v) is 6.65. The number of hydrogen-bond donors (Lipinski definition) is 1. The molecule has 2 heterocycles. The minimum atomic E-state index is -0.513. The molecule has 1 saturated carbocycles. The number of likely N-dealkylation sites (tertiary alicyclic amines) is 1.